The van der Waals surface area contributed by atoms with Crippen molar-refractivity contribution in [2.24, 2.45) is 0 Å². The SMILES string of the molecule is COc1ccc(C(O)=C2C(=O)C(=O)N(c3ccc(C)nn3)C2c2ccc(OC(F)F)cc2)cc1.Cc1ccc(N2C(=O)C(=O)C(=C(O)c3ccc(C(C)C)cc3)C2c2ccc(C(F)(F)F)nc2)nn1.Cc1ccc(N2C(=O)C(=O)C(=C(O)c3ccc(OC(F)(F)F)cc3)C2c2ccc(C(C)C)cc2)c[nH+]1.Cc1ccc(N2C(=O)C(=O)C(=C(O)c3ccc(OC(F)(F)F)cc3)C2c2ccc(OC(F)(F)F)cc2)nn1.[Cl-]. The number of benzene rings is 7. The lowest BCUT2D eigenvalue weighted by Gasteiger charge is -2.24. The van der Waals surface area contributed by atoms with E-state index in [1.807, 2.05) is 46.8 Å². The molecule has 16 rings (SSSR count). The average Bonchev–Trinajstić information content (AvgIpc) is 1.61. The Morgan fingerprint density at radius 3 is 0.910 bits per heavy atom. The van der Waals surface area contributed by atoms with Crippen molar-refractivity contribution >= 4 is 92.9 Å². The number of nitrogens with one attached hydrogen (secondary N) is 1. The monoisotopic (exact) mass is 2020 g/mol. The van der Waals surface area contributed by atoms with Crippen molar-refractivity contribution < 1.29 is 161 Å². The summed E-state index contributed by atoms with van der Waals surface area (Å²) >= 11 is 0. The highest BCUT2D eigenvalue weighted by atomic mass is 35.5. The maximum absolute atomic E-state index is 13.2. The van der Waals surface area contributed by atoms with Gasteiger partial charge in [-0.05, 0) is 212 Å². The zero-order chi connectivity index (χ0) is 104. The first-order valence-corrected chi connectivity index (χ1v) is 42.6. The van der Waals surface area contributed by atoms with Crippen LogP contribution in [-0.2, 0) is 44.5 Å². The lowest BCUT2D eigenvalue weighted by atomic mass is 9.93. The molecule has 44 heteroatoms. The summed E-state index contributed by atoms with van der Waals surface area (Å²) in [7, 11) is 1.49. The Bertz CT molecular complexity index is 6910. The maximum Gasteiger partial charge on any atom is 0.573 e. The molecule has 4 fully saturated rings. The molecule has 0 aliphatic carbocycles. The molecule has 7 aromatic carbocycles. The summed E-state index contributed by atoms with van der Waals surface area (Å²) in [5, 5.41) is 67.9. The standard InChI is InChI=1S/C27H23F3N2O4.C25H21F3N4O3.C24H15F6N3O5.C24H19F2N3O5.ClH/c1-15(2)17-5-7-18(8-6-17)23-22(24(33)19-9-12-21(13-10-19)36-27(28,29)30)25(34)26(35)32(23)20-11-4-16(3)31-14-20;1-13(2)15-5-7-16(8-6-15)22(33)20-21(17-9-10-18(29-12-17)25(26,27)28)32(24(35)23(20)34)19-11-4-14(3)30-31-19;1-12-2-11-17(32-31-12)33-19(13-3-7-15(8-4-13)37-23(25,26)27)18(21(35)22(33)36)20(34)14-5-9-16(10-6-14)38-24(28,29)30;1-13-3-12-18(28-27-13)29-20(14-4-10-17(11-5-14)34-24(25)26)19(22(31)23(29)32)21(30)15-6-8-16(33-2)9-7-15;/h4-15,23,33H,1-3H3;4-13,21,33H,1-3H3;2-11,19,34H,1H3;3-12,20,24,30H,1-2H3;1H. The van der Waals surface area contributed by atoms with Crippen LogP contribution in [0.2, 0.25) is 0 Å². The molecule has 5 N–H and O–H groups in total. The summed E-state index contributed by atoms with van der Waals surface area (Å²) in [5.74, 6) is -10.6. The van der Waals surface area contributed by atoms with E-state index in [0.717, 1.165) is 111 Å². The molecule has 4 aliphatic heterocycles. The molecule has 4 unspecified atom stereocenters. The number of ether oxygens (including phenoxy) is 5. The van der Waals surface area contributed by atoms with Gasteiger partial charge in [0.15, 0.2) is 29.3 Å². The summed E-state index contributed by atoms with van der Waals surface area (Å²) in [6, 6.07) is 48.2. The summed E-state index contributed by atoms with van der Waals surface area (Å²) < 4.78 is 198. The van der Waals surface area contributed by atoms with Crippen molar-refractivity contribution in [3.8, 4) is 28.7 Å². The molecule has 9 heterocycles. The summed E-state index contributed by atoms with van der Waals surface area (Å²) in [4.78, 5) is 116. The van der Waals surface area contributed by atoms with Crippen molar-refractivity contribution in [2.45, 2.75) is 123 Å². The number of carbonyl (C=O) groups is 8. The Labute approximate surface area is 814 Å². The number of nitrogens with zero attached hydrogens (tertiary/aromatic N) is 11. The summed E-state index contributed by atoms with van der Waals surface area (Å²) in [5.41, 5.74) is 4.41. The number of aromatic nitrogens is 8. The fraction of sp³-hybridized carbons (Fsp3) is 0.200. The molecule has 4 aliphatic rings. The largest absolute Gasteiger partial charge is 1.00 e. The molecule has 5 aromatic heterocycles. The predicted molar refractivity (Wildman–Crippen MR) is 483 cm³/mol. The molecule has 746 valence electrons. The first-order valence-electron chi connectivity index (χ1n) is 42.6. The van der Waals surface area contributed by atoms with Gasteiger partial charge < -0.3 is 56.5 Å². The van der Waals surface area contributed by atoms with Gasteiger partial charge in [0.05, 0.1) is 70.7 Å². The van der Waals surface area contributed by atoms with Crippen molar-refractivity contribution in [1.82, 2.24) is 35.6 Å². The smallest absolute Gasteiger partial charge is 0.573 e. The van der Waals surface area contributed by atoms with Crippen LogP contribution in [0.4, 0.5) is 84.6 Å². The molecule has 0 bridgehead atoms. The molecule has 12 aromatic rings. The van der Waals surface area contributed by atoms with Crippen LogP contribution in [0.25, 0.3) is 23.0 Å². The zero-order valence-electron chi connectivity index (χ0n) is 76.3. The predicted octanol–water partition coefficient (Wildman–Crippen LogP) is 16.6. The Hall–Kier alpha value is -16.9. The van der Waals surface area contributed by atoms with Crippen LogP contribution >= 0.6 is 0 Å². The zero-order valence-corrected chi connectivity index (χ0v) is 77.1. The Balaban J connectivity index is 0.000000171. The van der Waals surface area contributed by atoms with Crippen LogP contribution in [0.1, 0.15) is 148 Å². The number of aryl methyl sites for hydroxylation is 4. The number of hydrogen-bond acceptors (Lipinski definition) is 24. The van der Waals surface area contributed by atoms with E-state index in [0.29, 0.717) is 39.6 Å². The fourth-order valence-electron chi connectivity index (χ4n) is 15.3. The molecule has 4 saturated heterocycles. The minimum atomic E-state index is -4.96. The van der Waals surface area contributed by atoms with Gasteiger partial charge in [-0.25, -0.2) is 4.98 Å². The van der Waals surface area contributed by atoms with Gasteiger partial charge in [-0.1, -0.05) is 107 Å². The number of anilines is 4. The van der Waals surface area contributed by atoms with Crippen molar-refractivity contribution in [3.63, 3.8) is 0 Å². The topological polar surface area (TPSA) is 381 Å². The number of carbonyl (C=O) groups excluding carboxylic acids is 8. The van der Waals surface area contributed by atoms with Crippen molar-refractivity contribution in [2.75, 3.05) is 26.7 Å². The van der Waals surface area contributed by atoms with E-state index in [9.17, 15) is 120 Å². The Morgan fingerprint density at radius 2 is 0.632 bits per heavy atom. The van der Waals surface area contributed by atoms with Crippen LogP contribution in [0.5, 0.6) is 28.7 Å². The molecule has 0 saturated carbocycles. The van der Waals surface area contributed by atoms with Gasteiger partial charge >= 0.3 is 49.6 Å². The quantitative estimate of drug-likeness (QED) is 0.0238. The number of H-pyrrole nitrogens is 1. The van der Waals surface area contributed by atoms with Crippen LogP contribution in [0, 0.1) is 27.7 Å². The number of Topliss-reactive ketones (excluding diaryl/α,β-unsaturated/α-hetero) is 4. The third-order valence-corrected chi connectivity index (χ3v) is 22.2. The average molecular weight is 2020 g/mol. The minimum absolute atomic E-state index is 0. The molecule has 144 heavy (non-hydrogen) atoms. The number of alkyl halides is 14. The molecular formula is C100H79ClF14N12O17. The van der Waals surface area contributed by atoms with E-state index in [2.05, 4.69) is 59.5 Å². The molecule has 0 radical (unpaired) electrons. The highest BCUT2D eigenvalue weighted by Gasteiger charge is 2.53. The highest BCUT2D eigenvalue weighted by Crippen LogP contribution is 2.49. The van der Waals surface area contributed by atoms with E-state index < -0.39 is 154 Å². The van der Waals surface area contributed by atoms with Crippen molar-refractivity contribution in [3.05, 3.63) is 349 Å². The van der Waals surface area contributed by atoms with Crippen LogP contribution < -0.4 is 60.7 Å². The normalized spacial score (nSPS) is 17.5. The highest BCUT2D eigenvalue weighted by molar-refractivity contribution is 6.54. The number of rotatable bonds is 20. The van der Waals surface area contributed by atoms with E-state index in [1.165, 1.54) is 72.7 Å². The van der Waals surface area contributed by atoms with Crippen LogP contribution in [0.3, 0.4) is 0 Å². The Morgan fingerprint density at radius 1 is 0.347 bits per heavy atom. The number of pyridine rings is 2. The summed E-state index contributed by atoms with van der Waals surface area (Å²) in [6.45, 7) is 11.9. The van der Waals surface area contributed by atoms with Gasteiger partial charge in [0.1, 0.15) is 63.2 Å². The second kappa shape index (κ2) is 43.5. The number of ketones is 4. The summed E-state index contributed by atoms with van der Waals surface area (Å²) in [6.07, 6.45) is -16.9. The van der Waals surface area contributed by atoms with Crippen molar-refractivity contribution in [1.29, 1.82) is 0 Å². The lowest BCUT2D eigenvalue weighted by Crippen LogP contribution is -3.00. The lowest BCUT2D eigenvalue weighted by molar-refractivity contribution is -0.386. The Kier molecular flexibility index (Phi) is 32.0. The first kappa shape index (κ1) is 106. The van der Waals surface area contributed by atoms with Crippen LogP contribution in [-0.4, -0.2) is 136 Å². The third kappa shape index (κ3) is 24.2. The van der Waals surface area contributed by atoms with Gasteiger partial charge in [-0.3, -0.25) is 62.9 Å². The molecular weight excluding hydrogens is 1940 g/mol. The maximum atomic E-state index is 13.2. The second-order valence-electron chi connectivity index (χ2n) is 32.5. The van der Waals surface area contributed by atoms with E-state index in [4.69, 9.17) is 4.74 Å². The van der Waals surface area contributed by atoms with Gasteiger partial charge in [-0.2, -0.15) is 37.2 Å². The second-order valence-corrected chi connectivity index (χ2v) is 32.5. The number of methoxy groups -OCH3 is 1. The fourth-order valence-corrected chi connectivity index (χ4v) is 15.3. The van der Waals surface area contributed by atoms with Gasteiger partial charge in [0.2, 0.25) is 0 Å². The van der Waals surface area contributed by atoms with E-state index in [1.54, 1.807) is 112 Å². The number of aromatic amines is 1. The van der Waals surface area contributed by atoms with Crippen LogP contribution in [0.15, 0.2) is 265 Å². The number of hydrogen-bond donors (Lipinski definition) is 4. The molecule has 4 atom stereocenters. The number of halogens is 15. The number of aliphatic hydroxyl groups is 4. The van der Waals surface area contributed by atoms with E-state index in [-0.39, 0.29) is 97.5 Å². The molecule has 0 spiro atoms. The molecule has 4 amide bonds. The first-order chi connectivity index (χ1) is 67.5. The van der Waals surface area contributed by atoms with Gasteiger partial charge in [-0.15, -0.1) is 54.8 Å². The number of aliphatic hydroxyl groups excluding tert-OH is 4. The third-order valence-electron chi connectivity index (χ3n) is 22.2. The van der Waals surface area contributed by atoms with Gasteiger partial charge in [0, 0.05) is 41.4 Å². The minimum Gasteiger partial charge on any atom is -1.00 e. The molecule has 29 nitrogen and oxygen atoms in total. The van der Waals surface area contributed by atoms with E-state index >= 15 is 0 Å². The number of amides is 4. The van der Waals surface area contributed by atoms with Gasteiger partial charge in [0.25, 0.3) is 29.0 Å².